The average molecular weight is 477 g/mol. The molecular formula is C23H22Cl2N2O5. The molecule has 168 valence electrons. The molecule has 0 bridgehead atoms. The maximum atomic E-state index is 13.4. The molecule has 3 aromatic rings. The Morgan fingerprint density at radius 3 is 2.38 bits per heavy atom. The molecular weight excluding hydrogens is 455 g/mol. The number of carboxylic acid groups (broad SMARTS) is 1. The number of amides is 1. The van der Waals surface area contributed by atoms with Crippen molar-refractivity contribution in [3.63, 3.8) is 0 Å². The lowest BCUT2D eigenvalue weighted by atomic mass is 9.96. The fourth-order valence-electron chi connectivity index (χ4n) is 3.62. The normalized spacial score (nSPS) is 13.0. The van der Waals surface area contributed by atoms with Gasteiger partial charge in [0, 0.05) is 23.2 Å². The maximum Gasteiger partial charge on any atom is 0.308 e. The number of carbonyl (C=O) groups is 3. The van der Waals surface area contributed by atoms with Crippen molar-refractivity contribution in [1.82, 2.24) is 9.88 Å². The second kappa shape index (κ2) is 9.22. The van der Waals surface area contributed by atoms with Gasteiger partial charge in [-0.2, -0.15) is 0 Å². The molecule has 1 unspecified atom stereocenters. The van der Waals surface area contributed by atoms with Gasteiger partial charge >= 0.3 is 5.97 Å². The fourth-order valence-corrected chi connectivity index (χ4v) is 3.92. The smallest absolute Gasteiger partial charge is 0.308 e. The highest BCUT2D eigenvalue weighted by Gasteiger charge is 2.27. The highest BCUT2D eigenvalue weighted by atomic mass is 35.5. The van der Waals surface area contributed by atoms with Gasteiger partial charge in [0.25, 0.3) is 5.91 Å². The molecule has 0 saturated heterocycles. The van der Waals surface area contributed by atoms with E-state index in [0.29, 0.717) is 32.7 Å². The summed E-state index contributed by atoms with van der Waals surface area (Å²) in [6.45, 7) is 4.86. The van der Waals surface area contributed by atoms with Crippen LogP contribution in [0.15, 0.2) is 36.4 Å². The first kappa shape index (κ1) is 23.6. The molecule has 32 heavy (non-hydrogen) atoms. The third-order valence-electron chi connectivity index (χ3n) is 5.44. The summed E-state index contributed by atoms with van der Waals surface area (Å²) >= 11 is 12.1. The topological polar surface area (TPSA) is 109 Å². The molecule has 3 rings (SSSR count). The Labute approximate surface area is 194 Å². The zero-order valence-corrected chi connectivity index (χ0v) is 19.2. The number of hydrogen-bond acceptors (Lipinski definition) is 4. The van der Waals surface area contributed by atoms with Gasteiger partial charge in [-0.15, -0.1) is 0 Å². The third-order valence-corrected chi connectivity index (χ3v) is 6.18. The van der Waals surface area contributed by atoms with E-state index >= 15 is 0 Å². The lowest BCUT2D eigenvalue weighted by molar-refractivity contribution is -0.141. The van der Waals surface area contributed by atoms with E-state index in [1.165, 1.54) is 35.8 Å². The van der Waals surface area contributed by atoms with Gasteiger partial charge in [0.2, 0.25) is 5.91 Å². The zero-order valence-electron chi connectivity index (χ0n) is 17.6. The van der Waals surface area contributed by atoms with Crippen molar-refractivity contribution < 1.29 is 24.6 Å². The van der Waals surface area contributed by atoms with E-state index in [4.69, 9.17) is 28.3 Å². The number of benzene rings is 2. The number of rotatable bonds is 6. The van der Waals surface area contributed by atoms with Crippen LogP contribution in [0.1, 0.15) is 41.4 Å². The fraction of sp³-hybridized carbons (Fsp3) is 0.261. The van der Waals surface area contributed by atoms with Crippen molar-refractivity contribution in [3.05, 3.63) is 63.3 Å². The van der Waals surface area contributed by atoms with Gasteiger partial charge in [0.1, 0.15) is 5.75 Å². The number of aromatic nitrogens is 1. The Morgan fingerprint density at radius 1 is 1.06 bits per heavy atom. The largest absolute Gasteiger partial charge is 0.508 e. The molecule has 0 aliphatic carbocycles. The Balaban J connectivity index is 2.08. The summed E-state index contributed by atoms with van der Waals surface area (Å²) < 4.78 is 1.47. The standard InChI is InChI=1S/C23H22Cl2N2O5/c1-11(23(31)32)10-26-21(29)12(2)20-13(3)27(19-7-5-15(28)9-16(19)20)22(30)14-4-6-17(24)18(25)8-14/h4-9,11-12,28H,10H2,1-3H3,(H,26,29)(H,31,32)/t11?,12-/m0/s1. The molecule has 1 amide bonds. The van der Waals surface area contributed by atoms with E-state index in [2.05, 4.69) is 5.32 Å². The first-order valence-electron chi connectivity index (χ1n) is 9.87. The maximum absolute atomic E-state index is 13.4. The minimum atomic E-state index is -1.01. The SMILES string of the molecule is Cc1c([C@H](C)C(=O)NCC(C)C(=O)O)c2cc(O)ccc2n1C(=O)c1ccc(Cl)c(Cl)c1. The van der Waals surface area contributed by atoms with Gasteiger partial charge in [-0.25, -0.2) is 0 Å². The quantitative estimate of drug-likeness (QED) is 0.481. The average Bonchev–Trinajstić information content (AvgIpc) is 3.03. The van der Waals surface area contributed by atoms with Crippen LogP contribution < -0.4 is 5.32 Å². The Hall–Kier alpha value is -3.03. The molecule has 9 heteroatoms. The molecule has 2 aromatic carbocycles. The number of aliphatic carboxylic acids is 1. The number of aromatic hydroxyl groups is 1. The summed E-state index contributed by atoms with van der Waals surface area (Å²) in [7, 11) is 0. The van der Waals surface area contributed by atoms with Gasteiger partial charge < -0.3 is 15.5 Å². The second-order valence-corrected chi connectivity index (χ2v) is 8.49. The van der Waals surface area contributed by atoms with Crippen molar-refractivity contribution in [2.24, 2.45) is 5.92 Å². The number of phenolic OH excluding ortho intramolecular Hbond substituents is 1. The van der Waals surface area contributed by atoms with Crippen LogP contribution in [0.4, 0.5) is 0 Å². The lowest BCUT2D eigenvalue weighted by Gasteiger charge is -2.15. The molecule has 0 fully saturated rings. The molecule has 2 atom stereocenters. The van der Waals surface area contributed by atoms with Crippen LogP contribution in [-0.4, -0.2) is 39.1 Å². The first-order valence-corrected chi connectivity index (χ1v) is 10.6. The summed E-state index contributed by atoms with van der Waals surface area (Å²) in [4.78, 5) is 37.2. The molecule has 0 aliphatic heterocycles. The van der Waals surface area contributed by atoms with E-state index in [1.54, 1.807) is 26.0 Å². The number of nitrogens with one attached hydrogen (secondary N) is 1. The van der Waals surface area contributed by atoms with Crippen molar-refractivity contribution in [3.8, 4) is 5.75 Å². The van der Waals surface area contributed by atoms with E-state index < -0.39 is 17.8 Å². The molecule has 0 saturated carbocycles. The summed E-state index contributed by atoms with van der Waals surface area (Å²) in [5.74, 6) is -3.22. The number of phenols is 1. The number of hydrogen-bond donors (Lipinski definition) is 3. The number of fused-ring (bicyclic) bond motifs is 1. The van der Waals surface area contributed by atoms with E-state index in [1.807, 2.05) is 0 Å². The minimum Gasteiger partial charge on any atom is -0.508 e. The lowest BCUT2D eigenvalue weighted by Crippen LogP contribution is -2.34. The molecule has 1 aromatic heterocycles. The monoisotopic (exact) mass is 476 g/mol. The van der Waals surface area contributed by atoms with Crippen molar-refractivity contribution >= 4 is 51.9 Å². The van der Waals surface area contributed by atoms with Crippen LogP contribution in [0.2, 0.25) is 10.0 Å². The molecule has 7 nitrogen and oxygen atoms in total. The van der Waals surface area contributed by atoms with Crippen LogP contribution in [0, 0.1) is 12.8 Å². The van der Waals surface area contributed by atoms with Gasteiger partial charge in [0.05, 0.1) is 27.4 Å². The van der Waals surface area contributed by atoms with Crippen LogP contribution in [0.5, 0.6) is 5.75 Å². The Kier molecular flexibility index (Phi) is 6.81. The summed E-state index contributed by atoms with van der Waals surface area (Å²) in [5, 5.41) is 22.8. The highest BCUT2D eigenvalue weighted by molar-refractivity contribution is 6.42. The van der Waals surface area contributed by atoms with Gasteiger partial charge in [-0.1, -0.05) is 30.1 Å². The van der Waals surface area contributed by atoms with Crippen LogP contribution in [-0.2, 0) is 9.59 Å². The molecule has 1 heterocycles. The molecule has 0 radical (unpaired) electrons. The minimum absolute atomic E-state index is 0.00926. The van der Waals surface area contributed by atoms with Crippen LogP contribution in [0.25, 0.3) is 10.9 Å². The Bertz CT molecular complexity index is 1230. The van der Waals surface area contributed by atoms with Gasteiger partial charge in [0.15, 0.2) is 0 Å². The van der Waals surface area contributed by atoms with Crippen molar-refractivity contribution in [2.45, 2.75) is 26.7 Å². The van der Waals surface area contributed by atoms with Crippen molar-refractivity contribution in [1.29, 1.82) is 0 Å². The van der Waals surface area contributed by atoms with Crippen LogP contribution in [0.3, 0.4) is 0 Å². The number of nitrogens with zero attached hydrogens (tertiary/aromatic N) is 1. The number of carbonyl (C=O) groups excluding carboxylic acids is 2. The van der Waals surface area contributed by atoms with Crippen molar-refractivity contribution in [2.75, 3.05) is 6.54 Å². The summed E-state index contributed by atoms with van der Waals surface area (Å²) in [6.07, 6.45) is 0. The molecule has 0 spiro atoms. The summed E-state index contributed by atoms with van der Waals surface area (Å²) in [5.41, 5.74) is 1.91. The highest BCUT2D eigenvalue weighted by Crippen LogP contribution is 2.35. The number of carboxylic acids is 1. The number of halogens is 2. The predicted molar refractivity (Wildman–Crippen MR) is 123 cm³/mol. The van der Waals surface area contributed by atoms with E-state index in [-0.39, 0.29) is 29.1 Å². The third kappa shape index (κ3) is 4.45. The zero-order chi connectivity index (χ0) is 23.7. The predicted octanol–water partition coefficient (Wildman–Crippen LogP) is 4.59. The van der Waals surface area contributed by atoms with Gasteiger partial charge in [-0.05, 0) is 55.8 Å². The molecule has 3 N–H and O–H groups in total. The summed E-state index contributed by atoms with van der Waals surface area (Å²) in [6, 6.07) is 9.13. The molecule has 0 aliphatic rings. The van der Waals surface area contributed by atoms with E-state index in [9.17, 15) is 19.5 Å². The second-order valence-electron chi connectivity index (χ2n) is 7.68. The Morgan fingerprint density at radius 2 is 1.75 bits per heavy atom. The van der Waals surface area contributed by atoms with E-state index in [0.717, 1.165) is 0 Å². The first-order chi connectivity index (χ1) is 15.0. The van der Waals surface area contributed by atoms with Crippen LogP contribution >= 0.6 is 23.2 Å². The van der Waals surface area contributed by atoms with Gasteiger partial charge in [-0.3, -0.25) is 19.0 Å².